The molecular formula is C22H18BrN3O6. The molecular weight excluding hydrogens is 482 g/mol. The molecule has 1 aromatic heterocycles. The Labute approximate surface area is 193 Å². The van der Waals surface area contributed by atoms with Gasteiger partial charge in [-0.25, -0.2) is 9.13 Å². The first-order valence-electron chi connectivity index (χ1n) is 9.50. The summed E-state index contributed by atoms with van der Waals surface area (Å²) in [4.78, 5) is 49.4. The minimum Gasteiger partial charge on any atom is -1.00 e. The molecule has 0 unspecified atom stereocenters. The van der Waals surface area contributed by atoms with Gasteiger partial charge in [-0.3, -0.25) is 24.5 Å². The van der Waals surface area contributed by atoms with Crippen LogP contribution in [0.15, 0.2) is 54.9 Å². The minimum absolute atomic E-state index is 0. The first-order valence-corrected chi connectivity index (χ1v) is 9.50. The van der Waals surface area contributed by atoms with Gasteiger partial charge in [-0.1, -0.05) is 24.3 Å². The van der Waals surface area contributed by atoms with Crippen LogP contribution in [0.5, 0.6) is 0 Å². The van der Waals surface area contributed by atoms with Crippen LogP contribution in [-0.2, 0) is 17.8 Å². The Morgan fingerprint density at radius 2 is 1.69 bits per heavy atom. The molecule has 164 valence electrons. The molecule has 1 aliphatic rings. The van der Waals surface area contributed by atoms with E-state index in [2.05, 4.69) is 0 Å². The fourth-order valence-corrected chi connectivity index (χ4v) is 3.66. The number of hydrogen-bond donors (Lipinski definition) is 0. The van der Waals surface area contributed by atoms with E-state index in [1.807, 2.05) is 0 Å². The van der Waals surface area contributed by atoms with E-state index in [-0.39, 0.29) is 63.5 Å². The lowest BCUT2D eigenvalue weighted by Crippen LogP contribution is -3.00. The third-order valence-electron chi connectivity index (χ3n) is 5.17. The topological polar surface area (TPSA) is 112 Å². The number of rotatable bonds is 7. The van der Waals surface area contributed by atoms with Crippen molar-refractivity contribution < 1.29 is 45.6 Å². The number of nitro groups is 1. The van der Waals surface area contributed by atoms with Crippen LogP contribution < -0.4 is 21.5 Å². The van der Waals surface area contributed by atoms with E-state index in [0.717, 1.165) is 0 Å². The number of hydrogen-bond acceptors (Lipinski definition) is 6. The van der Waals surface area contributed by atoms with Crippen molar-refractivity contribution in [2.45, 2.75) is 13.1 Å². The molecule has 2 aromatic carbocycles. The fraction of sp³-hybridized carbons (Fsp3) is 0.182. The molecule has 0 radical (unpaired) electrons. The molecule has 1 aliphatic carbocycles. The summed E-state index contributed by atoms with van der Waals surface area (Å²) in [5.74, 6) is -0.966. The SMILES string of the molecule is COCCn1c[n+](CC(=O)c2ccc([N+](=O)[O-])cc2)c2c1C(=O)c1ccccc1C2=O.[Br-]. The smallest absolute Gasteiger partial charge is 0.269 e. The summed E-state index contributed by atoms with van der Waals surface area (Å²) in [6.45, 7) is 0.459. The van der Waals surface area contributed by atoms with Gasteiger partial charge in [-0.05, 0) is 12.1 Å². The number of methoxy groups -OCH3 is 1. The minimum atomic E-state index is -0.545. The van der Waals surface area contributed by atoms with Gasteiger partial charge in [-0.2, -0.15) is 0 Å². The Hall–Kier alpha value is -3.50. The number of halogens is 1. The molecule has 9 nitrogen and oxygen atoms in total. The summed E-state index contributed by atoms with van der Waals surface area (Å²) in [5.41, 5.74) is 1.13. The maximum atomic E-state index is 13.2. The highest BCUT2D eigenvalue weighted by Gasteiger charge is 2.41. The van der Waals surface area contributed by atoms with Crippen LogP contribution in [0.4, 0.5) is 5.69 Å². The Bertz CT molecular complexity index is 1230. The van der Waals surface area contributed by atoms with E-state index in [1.54, 1.807) is 35.2 Å². The number of nitro benzene ring substituents is 1. The predicted octanol–water partition coefficient (Wildman–Crippen LogP) is -1.01. The average molecular weight is 500 g/mol. The van der Waals surface area contributed by atoms with E-state index in [0.29, 0.717) is 24.3 Å². The Morgan fingerprint density at radius 3 is 2.28 bits per heavy atom. The van der Waals surface area contributed by atoms with E-state index < -0.39 is 4.92 Å². The quantitative estimate of drug-likeness (QED) is 0.139. The number of Topliss-reactive ketones (excluding diaryl/α,β-unsaturated/α-hetero) is 1. The van der Waals surface area contributed by atoms with E-state index >= 15 is 0 Å². The van der Waals surface area contributed by atoms with Gasteiger partial charge in [-0.15, -0.1) is 0 Å². The molecule has 1 heterocycles. The van der Waals surface area contributed by atoms with E-state index in [4.69, 9.17) is 4.74 Å². The molecule has 0 saturated heterocycles. The monoisotopic (exact) mass is 499 g/mol. The number of aromatic nitrogens is 2. The number of carbonyl (C=O) groups is 3. The van der Waals surface area contributed by atoms with Crippen molar-refractivity contribution in [2.75, 3.05) is 13.7 Å². The highest BCUT2D eigenvalue weighted by Crippen LogP contribution is 2.26. The zero-order valence-corrected chi connectivity index (χ0v) is 18.6. The van der Waals surface area contributed by atoms with Gasteiger partial charge in [0.05, 0.1) is 11.5 Å². The van der Waals surface area contributed by atoms with Gasteiger partial charge in [0.1, 0.15) is 6.54 Å². The fourth-order valence-electron chi connectivity index (χ4n) is 3.66. The second-order valence-electron chi connectivity index (χ2n) is 7.06. The van der Waals surface area contributed by atoms with Gasteiger partial charge in [0, 0.05) is 35.9 Å². The van der Waals surface area contributed by atoms with Crippen LogP contribution >= 0.6 is 0 Å². The van der Waals surface area contributed by atoms with Gasteiger partial charge in [0.15, 0.2) is 6.54 Å². The predicted molar refractivity (Wildman–Crippen MR) is 107 cm³/mol. The number of nitrogens with zero attached hydrogens (tertiary/aromatic N) is 3. The summed E-state index contributed by atoms with van der Waals surface area (Å²) in [5, 5.41) is 10.8. The molecule has 4 rings (SSSR count). The van der Waals surface area contributed by atoms with Crippen LogP contribution in [0.3, 0.4) is 0 Å². The van der Waals surface area contributed by atoms with Crippen molar-refractivity contribution >= 4 is 23.0 Å². The van der Waals surface area contributed by atoms with Crippen molar-refractivity contribution in [2.24, 2.45) is 0 Å². The highest BCUT2D eigenvalue weighted by molar-refractivity contribution is 6.26. The van der Waals surface area contributed by atoms with E-state index in [9.17, 15) is 24.5 Å². The second-order valence-corrected chi connectivity index (χ2v) is 7.06. The summed E-state index contributed by atoms with van der Waals surface area (Å²) in [6.07, 6.45) is 1.56. The summed E-state index contributed by atoms with van der Waals surface area (Å²) in [7, 11) is 1.53. The van der Waals surface area contributed by atoms with Crippen molar-refractivity contribution in [3.05, 3.63) is 93.1 Å². The van der Waals surface area contributed by atoms with Gasteiger partial charge < -0.3 is 21.7 Å². The Kier molecular flexibility index (Phi) is 6.75. The Morgan fingerprint density at radius 1 is 1.06 bits per heavy atom. The number of fused-ring (bicyclic) bond motifs is 2. The molecule has 0 atom stereocenters. The molecule has 32 heavy (non-hydrogen) atoms. The molecule has 0 aliphatic heterocycles. The number of non-ortho nitro benzene ring substituents is 1. The van der Waals surface area contributed by atoms with Gasteiger partial charge >= 0.3 is 0 Å². The highest BCUT2D eigenvalue weighted by atomic mass is 79.9. The first-order chi connectivity index (χ1) is 14.9. The van der Waals surface area contributed by atoms with Crippen molar-refractivity contribution in [1.29, 1.82) is 0 Å². The summed E-state index contributed by atoms with van der Waals surface area (Å²) >= 11 is 0. The second kappa shape index (κ2) is 9.33. The lowest BCUT2D eigenvalue weighted by Gasteiger charge is -2.12. The number of imidazole rings is 1. The van der Waals surface area contributed by atoms with Crippen LogP contribution in [0, 0.1) is 10.1 Å². The maximum Gasteiger partial charge on any atom is 0.269 e. The molecule has 10 heteroatoms. The number of benzene rings is 2. The molecule has 0 amide bonds. The van der Waals surface area contributed by atoms with E-state index in [1.165, 1.54) is 35.9 Å². The zero-order chi connectivity index (χ0) is 22.1. The normalized spacial score (nSPS) is 12.0. The van der Waals surface area contributed by atoms with Crippen molar-refractivity contribution in [1.82, 2.24) is 4.57 Å². The van der Waals surface area contributed by atoms with Crippen molar-refractivity contribution in [3.8, 4) is 0 Å². The van der Waals surface area contributed by atoms with Crippen molar-refractivity contribution in [3.63, 3.8) is 0 Å². The molecule has 0 N–H and O–H groups in total. The first kappa shape index (κ1) is 23.2. The molecule has 3 aromatic rings. The van der Waals surface area contributed by atoms with Gasteiger partial charge in [0.2, 0.25) is 35.1 Å². The number of ketones is 3. The van der Waals surface area contributed by atoms with Crippen LogP contribution in [0.25, 0.3) is 0 Å². The lowest BCUT2D eigenvalue weighted by atomic mass is 9.90. The molecule has 0 fully saturated rings. The van der Waals surface area contributed by atoms with Gasteiger partial charge in [0.25, 0.3) is 5.69 Å². The lowest BCUT2D eigenvalue weighted by molar-refractivity contribution is -0.684. The van der Waals surface area contributed by atoms with Crippen LogP contribution in [-0.4, -0.2) is 40.6 Å². The molecule has 0 saturated carbocycles. The summed E-state index contributed by atoms with van der Waals surface area (Å²) < 4.78 is 8.20. The molecule has 0 bridgehead atoms. The average Bonchev–Trinajstić information content (AvgIpc) is 3.14. The molecule has 0 spiro atoms. The zero-order valence-electron chi connectivity index (χ0n) is 17.0. The van der Waals surface area contributed by atoms with Crippen LogP contribution in [0.1, 0.15) is 42.5 Å². The third kappa shape index (κ3) is 4.02. The largest absolute Gasteiger partial charge is 1.00 e. The number of ether oxygens (including phenoxy) is 1. The van der Waals surface area contributed by atoms with Crippen LogP contribution in [0.2, 0.25) is 0 Å². The number of carbonyl (C=O) groups excluding carboxylic acids is 3. The Balaban J connectivity index is 0.00000289. The standard InChI is InChI=1S/C22H18N3O6.BrH/c1-31-11-10-23-13-24(12-18(26)14-6-8-15(9-7-14)25(29)30)20-19(23)21(27)16-4-2-3-5-17(16)22(20)28;/h2-9,13H,10-12H2,1H3;1H/q+1;/p-1. The maximum absolute atomic E-state index is 13.2. The summed E-state index contributed by atoms with van der Waals surface area (Å²) in [6, 6.07) is 11.8. The third-order valence-corrected chi connectivity index (χ3v) is 5.17.